The van der Waals surface area contributed by atoms with Crippen molar-refractivity contribution in [3.63, 3.8) is 0 Å². The zero-order valence-corrected chi connectivity index (χ0v) is 14.1. The van der Waals surface area contributed by atoms with Gasteiger partial charge in [-0.3, -0.25) is 0 Å². The summed E-state index contributed by atoms with van der Waals surface area (Å²) in [5.41, 5.74) is 16.9. The number of hydrogen-bond acceptors (Lipinski definition) is 2. The minimum atomic E-state index is 0. The Hall–Kier alpha value is -2.78. The van der Waals surface area contributed by atoms with Crippen molar-refractivity contribution in [3.05, 3.63) is 66.7 Å². The number of aryl methyl sites for hydroxylation is 1. The summed E-state index contributed by atoms with van der Waals surface area (Å²) in [6, 6.07) is 22.5. The number of nitrogens with two attached hydrogens (primary N) is 2. The number of rotatable bonds is 1. The first-order chi connectivity index (χ1) is 11.1. The molecule has 0 saturated heterocycles. The van der Waals surface area contributed by atoms with Gasteiger partial charge in [0, 0.05) is 28.4 Å². The number of benzene rings is 3. The molecule has 0 aliphatic heterocycles. The summed E-state index contributed by atoms with van der Waals surface area (Å²) in [6.07, 6.45) is 0. The number of fused-ring (bicyclic) bond motifs is 3. The highest BCUT2D eigenvalue weighted by Gasteiger charge is 2.20. The summed E-state index contributed by atoms with van der Waals surface area (Å²) in [4.78, 5) is 0. The summed E-state index contributed by atoms with van der Waals surface area (Å²) in [5, 5.41) is 3.58. The van der Waals surface area contributed by atoms with Crippen molar-refractivity contribution in [3.8, 4) is 11.3 Å². The second-order valence-corrected chi connectivity index (χ2v) is 5.85. The summed E-state index contributed by atoms with van der Waals surface area (Å²) in [6.45, 7) is 0. The molecule has 0 radical (unpaired) electrons. The fourth-order valence-electron chi connectivity index (χ4n) is 3.28. The maximum Gasteiger partial charge on any atom is 0.220 e. The number of nitrogens with zero attached hydrogens (tertiary/aromatic N) is 1. The molecule has 24 heavy (non-hydrogen) atoms. The molecule has 0 aliphatic rings. The lowest BCUT2D eigenvalue weighted by molar-refractivity contribution is -0.632. The molecule has 120 valence electrons. The molecule has 1 heterocycles. The van der Waals surface area contributed by atoms with Crippen LogP contribution >= 0.6 is 0 Å². The molecule has 3 nitrogen and oxygen atoms in total. The van der Waals surface area contributed by atoms with Gasteiger partial charge >= 0.3 is 0 Å². The average molecular weight is 336 g/mol. The molecule has 0 atom stereocenters. The van der Waals surface area contributed by atoms with Gasteiger partial charge in [0.25, 0.3) is 0 Å². The van der Waals surface area contributed by atoms with E-state index in [1.165, 1.54) is 16.3 Å². The van der Waals surface area contributed by atoms with Crippen molar-refractivity contribution in [2.75, 3.05) is 11.5 Å². The van der Waals surface area contributed by atoms with Crippen molar-refractivity contribution in [1.82, 2.24) is 0 Å². The fraction of sp³-hybridized carbons (Fsp3) is 0.0500. The first kappa shape index (κ1) is 16.1. The number of anilines is 2. The van der Waals surface area contributed by atoms with Crippen LogP contribution in [-0.2, 0) is 7.05 Å². The lowest BCUT2D eigenvalue weighted by Crippen LogP contribution is -3.00. The monoisotopic (exact) mass is 335 g/mol. The van der Waals surface area contributed by atoms with Gasteiger partial charge in [-0.1, -0.05) is 18.2 Å². The molecule has 0 fully saturated rings. The molecule has 0 aliphatic carbocycles. The van der Waals surface area contributed by atoms with E-state index in [1.807, 2.05) is 24.3 Å². The highest BCUT2D eigenvalue weighted by Crippen LogP contribution is 2.32. The van der Waals surface area contributed by atoms with Gasteiger partial charge in [-0.2, -0.15) is 4.57 Å². The Bertz CT molecular complexity index is 1040. The van der Waals surface area contributed by atoms with Crippen molar-refractivity contribution in [1.29, 1.82) is 0 Å². The van der Waals surface area contributed by atoms with Gasteiger partial charge in [-0.15, -0.1) is 0 Å². The summed E-state index contributed by atoms with van der Waals surface area (Å²) < 4.78 is 2.22. The Kier molecular flexibility index (Phi) is 4.04. The minimum Gasteiger partial charge on any atom is -1.00 e. The topological polar surface area (TPSA) is 55.9 Å². The number of hydrogen-bond donors (Lipinski definition) is 2. The number of nitrogen functional groups attached to an aromatic ring is 2. The quantitative estimate of drug-likeness (QED) is 0.305. The van der Waals surface area contributed by atoms with Crippen LogP contribution in [0.25, 0.3) is 32.9 Å². The van der Waals surface area contributed by atoms with Gasteiger partial charge in [0.2, 0.25) is 11.2 Å². The standard InChI is InChI=1S/C20H17N3.ClH/c1-23-19-5-3-2-4-17(19)16-11-10-15(22)12-18(16)20(23)13-6-8-14(21)9-7-13;/h2-12,21H,22H2,1H3;1H. The highest BCUT2D eigenvalue weighted by molar-refractivity contribution is 6.09. The van der Waals surface area contributed by atoms with E-state index in [0.717, 1.165) is 28.0 Å². The van der Waals surface area contributed by atoms with E-state index >= 15 is 0 Å². The zero-order chi connectivity index (χ0) is 16.0. The molecule has 0 amide bonds. The fourth-order valence-corrected chi connectivity index (χ4v) is 3.28. The van der Waals surface area contributed by atoms with Crippen molar-refractivity contribution < 1.29 is 17.0 Å². The van der Waals surface area contributed by atoms with Crippen LogP contribution in [0.5, 0.6) is 0 Å². The first-order valence-corrected chi connectivity index (χ1v) is 7.61. The second kappa shape index (κ2) is 6.02. The lowest BCUT2D eigenvalue weighted by atomic mass is 9.98. The molecule has 1 aromatic heterocycles. The third-order valence-corrected chi connectivity index (χ3v) is 4.37. The van der Waals surface area contributed by atoms with E-state index in [9.17, 15) is 0 Å². The Morgan fingerprint density at radius 2 is 1.38 bits per heavy atom. The molecule has 4 N–H and O–H groups in total. The smallest absolute Gasteiger partial charge is 0.220 e. The van der Waals surface area contributed by atoms with Crippen LogP contribution in [0, 0.1) is 0 Å². The molecular weight excluding hydrogens is 318 g/mol. The normalized spacial score (nSPS) is 10.7. The van der Waals surface area contributed by atoms with E-state index in [-0.39, 0.29) is 12.4 Å². The predicted octanol–water partition coefficient (Wildman–Crippen LogP) is 0.653. The van der Waals surface area contributed by atoms with Gasteiger partial charge in [0.05, 0.1) is 10.8 Å². The van der Waals surface area contributed by atoms with Gasteiger partial charge in [-0.05, 0) is 42.5 Å². The molecule has 4 rings (SSSR count). The predicted molar refractivity (Wildman–Crippen MR) is 96.9 cm³/mol. The maximum atomic E-state index is 6.06. The Morgan fingerprint density at radius 1 is 0.708 bits per heavy atom. The largest absolute Gasteiger partial charge is 1.00 e. The zero-order valence-electron chi connectivity index (χ0n) is 13.3. The van der Waals surface area contributed by atoms with Gasteiger partial charge < -0.3 is 23.9 Å². The number of para-hydroxylation sites is 1. The van der Waals surface area contributed by atoms with Gasteiger partial charge in [0.1, 0.15) is 7.05 Å². The number of aromatic nitrogens is 1. The van der Waals surface area contributed by atoms with Crippen LogP contribution in [0.2, 0.25) is 0 Å². The summed E-state index contributed by atoms with van der Waals surface area (Å²) >= 11 is 0. The molecule has 0 unspecified atom stereocenters. The third-order valence-electron chi connectivity index (χ3n) is 4.37. The van der Waals surface area contributed by atoms with E-state index < -0.39 is 0 Å². The van der Waals surface area contributed by atoms with Crippen LogP contribution in [0.4, 0.5) is 11.4 Å². The Labute approximate surface area is 146 Å². The number of halogens is 1. The van der Waals surface area contributed by atoms with Crippen molar-refractivity contribution >= 4 is 33.1 Å². The second-order valence-electron chi connectivity index (χ2n) is 5.85. The Balaban J connectivity index is 0.00000169. The maximum absolute atomic E-state index is 6.06. The molecule has 0 saturated carbocycles. The van der Waals surface area contributed by atoms with Crippen molar-refractivity contribution in [2.24, 2.45) is 7.05 Å². The molecular formula is C20H18ClN3. The Morgan fingerprint density at radius 3 is 2.12 bits per heavy atom. The third kappa shape index (κ3) is 2.43. The van der Waals surface area contributed by atoms with E-state index in [2.05, 4.69) is 54.1 Å². The number of pyridine rings is 1. The van der Waals surface area contributed by atoms with Gasteiger partial charge in [0.15, 0.2) is 0 Å². The van der Waals surface area contributed by atoms with Gasteiger partial charge in [-0.25, -0.2) is 0 Å². The van der Waals surface area contributed by atoms with Crippen LogP contribution in [0.1, 0.15) is 0 Å². The molecule has 0 spiro atoms. The average Bonchev–Trinajstić information content (AvgIpc) is 2.56. The summed E-state index contributed by atoms with van der Waals surface area (Å²) in [7, 11) is 2.09. The lowest BCUT2D eigenvalue weighted by Gasteiger charge is -2.10. The van der Waals surface area contributed by atoms with E-state index in [1.54, 1.807) is 0 Å². The van der Waals surface area contributed by atoms with Crippen LogP contribution in [0.3, 0.4) is 0 Å². The minimum absolute atomic E-state index is 0. The molecule has 0 bridgehead atoms. The van der Waals surface area contributed by atoms with Crippen molar-refractivity contribution in [2.45, 2.75) is 0 Å². The van der Waals surface area contributed by atoms with Crippen LogP contribution in [0.15, 0.2) is 66.7 Å². The SMILES string of the molecule is C[n+]1c(-c2ccc(N)cc2)c2cc(N)ccc2c2ccccc21.[Cl-]. The summed E-state index contributed by atoms with van der Waals surface area (Å²) in [5.74, 6) is 0. The van der Waals surface area contributed by atoms with E-state index in [0.29, 0.717) is 0 Å². The molecule has 3 aromatic carbocycles. The molecule has 4 heteroatoms. The molecule has 4 aromatic rings. The van der Waals surface area contributed by atoms with Crippen LogP contribution < -0.4 is 28.4 Å². The van der Waals surface area contributed by atoms with Crippen LogP contribution in [-0.4, -0.2) is 0 Å². The highest BCUT2D eigenvalue weighted by atomic mass is 35.5. The van der Waals surface area contributed by atoms with E-state index in [4.69, 9.17) is 11.5 Å². The first-order valence-electron chi connectivity index (χ1n) is 7.61.